The molecular weight excluding hydrogens is 562 g/mol. The summed E-state index contributed by atoms with van der Waals surface area (Å²) in [6.07, 6.45) is 1.93. The molecule has 0 fully saturated rings. The molecule has 8 nitrogen and oxygen atoms in total. The zero-order valence-electron chi connectivity index (χ0n) is 24.6. The van der Waals surface area contributed by atoms with Crippen LogP contribution < -0.4 is 24.4 Å². The fourth-order valence-corrected chi connectivity index (χ4v) is 6.60. The molecule has 1 atom stereocenters. The summed E-state index contributed by atoms with van der Waals surface area (Å²) in [4.78, 5) is 36.5. The monoisotopic (exact) mass is 593 g/mol. The SMILES string of the molecule is CCOC(=O)C1=C(C)N=c2s/c(=C/c3c(-c4ccccc4)[nH]c4ccc(C)cc34)c(=O)n2[C@@H]1c1ccc(OC)cc1OC. The molecule has 1 N–H and O–H groups in total. The number of carbonyl (C=O) groups is 1. The number of nitrogens with zero attached hydrogens (tertiary/aromatic N) is 2. The summed E-state index contributed by atoms with van der Waals surface area (Å²) in [6.45, 7) is 5.75. The van der Waals surface area contributed by atoms with E-state index in [0.717, 1.165) is 33.3 Å². The highest BCUT2D eigenvalue weighted by molar-refractivity contribution is 7.07. The fourth-order valence-electron chi connectivity index (χ4n) is 5.57. The number of nitrogens with one attached hydrogen (secondary N) is 1. The van der Waals surface area contributed by atoms with Crippen molar-refractivity contribution in [2.45, 2.75) is 26.8 Å². The number of ether oxygens (including phenoxy) is 3. The normalized spacial score (nSPS) is 14.9. The van der Waals surface area contributed by atoms with Crippen molar-refractivity contribution in [3.05, 3.63) is 114 Å². The molecule has 0 saturated carbocycles. The van der Waals surface area contributed by atoms with Gasteiger partial charge in [-0.25, -0.2) is 9.79 Å². The maximum absolute atomic E-state index is 14.4. The first-order valence-electron chi connectivity index (χ1n) is 13.9. The Labute approximate surface area is 252 Å². The van der Waals surface area contributed by atoms with Gasteiger partial charge in [-0.3, -0.25) is 9.36 Å². The summed E-state index contributed by atoms with van der Waals surface area (Å²) >= 11 is 1.29. The van der Waals surface area contributed by atoms with Gasteiger partial charge in [0.05, 0.1) is 42.3 Å². The molecule has 9 heteroatoms. The van der Waals surface area contributed by atoms with E-state index in [4.69, 9.17) is 19.2 Å². The Morgan fingerprint density at radius 2 is 1.84 bits per heavy atom. The van der Waals surface area contributed by atoms with E-state index < -0.39 is 12.0 Å². The third kappa shape index (κ3) is 4.95. The summed E-state index contributed by atoms with van der Waals surface area (Å²) in [5, 5.41) is 1.02. The first kappa shape index (κ1) is 28.2. The van der Waals surface area contributed by atoms with Crippen LogP contribution in [0.25, 0.3) is 28.2 Å². The summed E-state index contributed by atoms with van der Waals surface area (Å²) in [6, 6.07) is 20.8. The molecule has 218 valence electrons. The average Bonchev–Trinajstić information content (AvgIpc) is 3.52. The van der Waals surface area contributed by atoms with Gasteiger partial charge in [-0.15, -0.1) is 0 Å². The molecule has 2 aromatic heterocycles. The van der Waals surface area contributed by atoms with Gasteiger partial charge in [-0.1, -0.05) is 53.3 Å². The van der Waals surface area contributed by atoms with Crippen molar-refractivity contribution < 1.29 is 19.0 Å². The number of aromatic nitrogens is 2. The number of carbonyl (C=O) groups excluding carboxylic acids is 1. The van der Waals surface area contributed by atoms with Crippen LogP contribution in [0.4, 0.5) is 0 Å². The van der Waals surface area contributed by atoms with Crippen molar-refractivity contribution in [3.8, 4) is 22.8 Å². The second-order valence-electron chi connectivity index (χ2n) is 10.2. The number of esters is 1. The van der Waals surface area contributed by atoms with E-state index in [-0.39, 0.29) is 17.7 Å². The predicted molar refractivity (Wildman–Crippen MR) is 168 cm³/mol. The largest absolute Gasteiger partial charge is 0.497 e. The lowest BCUT2D eigenvalue weighted by atomic mass is 9.95. The molecule has 3 heterocycles. The molecular formula is C34H31N3O5S. The molecule has 0 aliphatic carbocycles. The minimum atomic E-state index is -0.808. The Morgan fingerprint density at radius 3 is 2.56 bits per heavy atom. The lowest BCUT2D eigenvalue weighted by Gasteiger charge is -2.26. The molecule has 43 heavy (non-hydrogen) atoms. The van der Waals surface area contributed by atoms with Crippen LogP contribution >= 0.6 is 11.3 Å². The third-order valence-electron chi connectivity index (χ3n) is 7.58. The summed E-state index contributed by atoms with van der Waals surface area (Å²) < 4.78 is 18.6. The topological polar surface area (TPSA) is 94.9 Å². The molecule has 1 aliphatic heterocycles. The summed E-state index contributed by atoms with van der Waals surface area (Å²) in [7, 11) is 3.12. The number of methoxy groups -OCH3 is 2. The van der Waals surface area contributed by atoms with Crippen molar-refractivity contribution in [2.75, 3.05) is 20.8 Å². The number of hydrogen-bond donors (Lipinski definition) is 1. The van der Waals surface area contributed by atoms with E-state index in [2.05, 4.69) is 23.2 Å². The maximum atomic E-state index is 14.4. The molecule has 0 amide bonds. The third-order valence-corrected chi connectivity index (χ3v) is 8.57. The van der Waals surface area contributed by atoms with Gasteiger partial charge in [-0.05, 0) is 56.7 Å². The Bertz CT molecular complexity index is 2090. The zero-order chi connectivity index (χ0) is 30.2. The number of benzene rings is 3. The van der Waals surface area contributed by atoms with E-state index in [9.17, 15) is 9.59 Å². The lowest BCUT2D eigenvalue weighted by Crippen LogP contribution is -2.40. The molecule has 3 aromatic carbocycles. The number of aryl methyl sites for hydroxylation is 1. The van der Waals surface area contributed by atoms with Crippen LogP contribution in [0.2, 0.25) is 0 Å². The number of thiazole rings is 1. The quantitative estimate of drug-likeness (QED) is 0.260. The van der Waals surface area contributed by atoms with E-state index in [1.807, 2.05) is 49.4 Å². The van der Waals surface area contributed by atoms with Crippen molar-refractivity contribution in [2.24, 2.45) is 4.99 Å². The van der Waals surface area contributed by atoms with E-state index >= 15 is 0 Å². The Balaban J connectivity index is 1.63. The molecule has 5 aromatic rings. The van der Waals surface area contributed by atoms with E-state index in [1.54, 1.807) is 44.8 Å². The lowest BCUT2D eigenvalue weighted by molar-refractivity contribution is -0.139. The number of hydrogen-bond acceptors (Lipinski definition) is 7. The van der Waals surface area contributed by atoms with Crippen molar-refractivity contribution in [1.29, 1.82) is 0 Å². The molecule has 1 aliphatic rings. The Kier molecular flexibility index (Phi) is 7.50. The molecule has 0 unspecified atom stereocenters. The summed E-state index contributed by atoms with van der Waals surface area (Å²) in [5.74, 6) is 0.544. The van der Waals surface area contributed by atoms with Gasteiger partial charge < -0.3 is 19.2 Å². The Hall–Kier alpha value is -4.89. The van der Waals surface area contributed by atoms with Gasteiger partial charge in [0.25, 0.3) is 5.56 Å². The standard InChI is InChI=1S/C34H31N3O5S/c1-6-42-33(39)29-20(3)35-34-37(31(29)23-14-13-22(40-4)17-27(23)41-5)32(38)28(43-34)18-25-24-16-19(2)12-15-26(24)36-30(25)21-10-8-7-9-11-21/h7-18,31,36H,6H2,1-5H3/b28-18+/t31-/m1/s1. The minimum Gasteiger partial charge on any atom is -0.497 e. The van der Waals surface area contributed by atoms with Gasteiger partial charge >= 0.3 is 5.97 Å². The number of H-pyrrole nitrogens is 1. The first-order chi connectivity index (χ1) is 20.8. The predicted octanol–water partition coefficient (Wildman–Crippen LogP) is 5.27. The van der Waals surface area contributed by atoms with Gasteiger partial charge in [-0.2, -0.15) is 0 Å². The van der Waals surface area contributed by atoms with Crippen LogP contribution in [-0.4, -0.2) is 36.3 Å². The molecule has 0 radical (unpaired) electrons. The maximum Gasteiger partial charge on any atom is 0.338 e. The van der Waals surface area contributed by atoms with E-state index in [0.29, 0.717) is 32.1 Å². The fraction of sp³-hybridized carbons (Fsp3) is 0.206. The van der Waals surface area contributed by atoms with Gasteiger partial charge in [0.15, 0.2) is 4.80 Å². The second-order valence-corrected chi connectivity index (χ2v) is 11.2. The molecule has 6 rings (SSSR count). The van der Waals surface area contributed by atoms with Crippen LogP contribution in [0.5, 0.6) is 11.5 Å². The molecule has 0 saturated heterocycles. The second kappa shape index (κ2) is 11.4. The van der Waals surface area contributed by atoms with Crippen molar-refractivity contribution in [1.82, 2.24) is 9.55 Å². The van der Waals surface area contributed by atoms with Gasteiger partial charge in [0.2, 0.25) is 0 Å². The van der Waals surface area contributed by atoms with Gasteiger partial charge in [0.1, 0.15) is 17.5 Å². The van der Waals surface area contributed by atoms with Crippen LogP contribution in [0.15, 0.2) is 87.8 Å². The molecule has 0 bridgehead atoms. The smallest absolute Gasteiger partial charge is 0.338 e. The van der Waals surface area contributed by atoms with Crippen LogP contribution in [0, 0.1) is 6.92 Å². The number of rotatable bonds is 7. The number of allylic oxidation sites excluding steroid dienone is 1. The highest BCUT2D eigenvalue weighted by Crippen LogP contribution is 2.38. The average molecular weight is 594 g/mol. The highest BCUT2D eigenvalue weighted by Gasteiger charge is 2.35. The first-order valence-corrected chi connectivity index (χ1v) is 14.8. The zero-order valence-corrected chi connectivity index (χ0v) is 25.4. The van der Waals surface area contributed by atoms with Crippen LogP contribution in [-0.2, 0) is 9.53 Å². The van der Waals surface area contributed by atoms with Crippen LogP contribution in [0.3, 0.4) is 0 Å². The van der Waals surface area contributed by atoms with Gasteiger partial charge in [0, 0.05) is 28.1 Å². The van der Waals surface area contributed by atoms with Crippen LogP contribution in [0.1, 0.15) is 36.6 Å². The van der Waals surface area contributed by atoms with E-state index in [1.165, 1.54) is 11.3 Å². The summed E-state index contributed by atoms with van der Waals surface area (Å²) in [5.41, 5.74) is 6.07. The molecule has 0 spiro atoms. The number of aromatic amines is 1. The Morgan fingerprint density at radius 1 is 1.05 bits per heavy atom. The number of fused-ring (bicyclic) bond motifs is 2. The minimum absolute atomic E-state index is 0.189. The van der Waals surface area contributed by atoms with Crippen molar-refractivity contribution in [3.63, 3.8) is 0 Å². The van der Waals surface area contributed by atoms with Crippen molar-refractivity contribution >= 4 is 34.3 Å². The highest BCUT2D eigenvalue weighted by atomic mass is 32.1.